The van der Waals surface area contributed by atoms with E-state index in [0.29, 0.717) is 0 Å². The molecule has 1 aliphatic rings. The minimum atomic E-state index is -1.08. The van der Waals surface area contributed by atoms with E-state index in [-0.39, 0.29) is 0 Å². The zero-order valence-electron chi connectivity index (χ0n) is 9.69. The zero-order chi connectivity index (χ0) is 12.1. The van der Waals surface area contributed by atoms with Crippen LogP contribution >= 0.6 is 36.4 Å². The molecular weight excluding hydrogens is 503 g/mol. The van der Waals surface area contributed by atoms with Gasteiger partial charge in [-0.1, -0.05) is 0 Å². The molecule has 0 bridgehead atoms. The van der Waals surface area contributed by atoms with E-state index >= 15 is 0 Å². The maximum atomic E-state index is 5.53. The van der Waals surface area contributed by atoms with Gasteiger partial charge in [-0.25, -0.2) is 0 Å². The van der Waals surface area contributed by atoms with Gasteiger partial charge in [-0.15, -0.1) is 0 Å². The molecule has 0 spiro atoms. The summed E-state index contributed by atoms with van der Waals surface area (Å²) in [6.45, 7) is 2.36. The number of hydrogen-bond acceptors (Lipinski definition) is 2. The van der Waals surface area contributed by atoms with Crippen molar-refractivity contribution >= 4 is 43.8 Å². The van der Waals surface area contributed by atoms with Crippen LogP contribution < -0.4 is 3.07 Å². The molecule has 0 N–H and O–H groups in total. The molecule has 1 aliphatic heterocycles. The Labute approximate surface area is 131 Å². The molecule has 0 amide bonds. The topological polar surface area (TPSA) is 3.24 Å². The predicted octanol–water partition coefficient (Wildman–Crippen LogP) is 3.58. The Morgan fingerprint density at radius 1 is 1.18 bits per heavy atom. The van der Waals surface area contributed by atoms with Gasteiger partial charge in [-0.2, -0.15) is 0 Å². The molecule has 1 saturated heterocycles. The molecule has 5 heteroatoms. The van der Waals surface area contributed by atoms with E-state index in [1.165, 1.54) is 36.8 Å². The van der Waals surface area contributed by atoms with Crippen LogP contribution in [-0.2, 0) is 23.1 Å². The fourth-order valence-corrected chi connectivity index (χ4v) is 13.4. The number of benzene rings is 1. The molecular formula is C12H14BrHgNS2. The molecule has 1 fully saturated rings. The van der Waals surface area contributed by atoms with Crippen molar-refractivity contribution in [2.45, 2.75) is 19.3 Å². The van der Waals surface area contributed by atoms with Crippen LogP contribution in [0.4, 0.5) is 0 Å². The Morgan fingerprint density at radius 3 is 2.47 bits per heavy atom. The van der Waals surface area contributed by atoms with Crippen LogP contribution in [0, 0.1) is 0 Å². The number of thiocarbonyl (C=S) groups is 1. The van der Waals surface area contributed by atoms with Gasteiger partial charge in [0.15, 0.2) is 0 Å². The fraction of sp³-hybridized carbons (Fsp3) is 0.417. The average molecular weight is 517 g/mol. The summed E-state index contributed by atoms with van der Waals surface area (Å²) < 4.78 is 3.88. The van der Waals surface area contributed by atoms with E-state index in [1.54, 1.807) is 3.07 Å². The van der Waals surface area contributed by atoms with Crippen molar-refractivity contribution in [1.29, 1.82) is 0 Å². The maximum absolute atomic E-state index is 5.53. The molecule has 2 rings (SSSR count). The Bertz CT molecular complexity index is 377. The van der Waals surface area contributed by atoms with Crippen LogP contribution in [-0.4, -0.2) is 22.3 Å². The van der Waals surface area contributed by atoms with Crippen molar-refractivity contribution in [1.82, 2.24) is 4.90 Å². The number of halogens is 1. The van der Waals surface area contributed by atoms with Gasteiger partial charge in [0.2, 0.25) is 0 Å². The van der Waals surface area contributed by atoms with Crippen molar-refractivity contribution in [2.75, 3.05) is 13.1 Å². The third kappa shape index (κ3) is 4.81. The van der Waals surface area contributed by atoms with Gasteiger partial charge in [0.25, 0.3) is 0 Å². The molecule has 0 aromatic heterocycles. The standard InChI is InChI=1S/C6H4Br.C6H11NS2.Hg/c7-6-4-2-1-3-5-6;8-6(9)7-4-2-1-3-5-7;/h2-5H;1-5H2,(H,8,9);/q;;+1/p-1. The molecule has 17 heavy (non-hydrogen) atoms. The van der Waals surface area contributed by atoms with Crippen LogP contribution in [0.2, 0.25) is 0 Å². The molecule has 0 atom stereocenters. The van der Waals surface area contributed by atoms with Crippen LogP contribution in [0.3, 0.4) is 0 Å². The second-order valence-corrected chi connectivity index (χ2v) is 16.7. The van der Waals surface area contributed by atoms with E-state index in [0.717, 1.165) is 4.32 Å². The van der Waals surface area contributed by atoms with Crippen LogP contribution in [0.25, 0.3) is 0 Å². The molecule has 0 radical (unpaired) electrons. The Morgan fingerprint density at radius 2 is 1.82 bits per heavy atom. The first-order chi connectivity index (χ1) is 8.25. The zero-order valence-corrected chi connectivity index (χ0v) is 18.4. The first-order valence-electron chi connectivity index (χ1n) is 5.92. The average Bonchev–Trinajstić information content (AvgIpc) is 2.39. The minimum absolute atomic E-state index is 1.08. The van der Waals surface area contributed by atoms with Crippen molar-refractivity contribution in [3.8, 4) is 0 Å². The number of likely N-dealkylation sites (tertiary alicyclic amines) is 1. The molecule has 88 valence electrons. The third-order valence-corrected chi connectivity index (χ3v) is 18.0. The summed E-state index contributed by atoms with van der Waals surface area (Å²) in [6, 6.07) is 8.77. The normalized spacial score (nSPS) is 15.5. The van der Waals surface area contributed by atoms with Gasteiger partial charge in [-0.3, -0.25) is 0 Å². The summed E-state index contributed by atoms with van der Waals surface area (Å²) in [6.07, 6.45) is 4.01. The summed E-state index contributed by atoms with van der Waals surface area (Å²) >= 11 is 7.93. The Balaban J connectivity index is 1.81. The quantitative estimate of drug-likeness (QED) is 0.437. The summed E-state index contributed by atoms with van der Waals surface area (Å²) in [5.41, 5.74) is 0. The number of nitrogens with zero attached hydrogens (tertiary/aromatic N) is 1. The number of piperidine rings is 1. The summed E-state index contributed by atoms with van der Waals surface area (Å²) in [4.78, 5) is 2.41. The van der Waals surface area contributed by atoms with Gasteiger partial charge in [0, 0.05) is 0 Å². The third-order valence-electron chi connectivity index (χ3n) is 2.89. The van der Waals surface area contributed by atoms with Crippen LogP contribution in [0.1, 0.15) is 19.3 Å². The van der Waals surface area contributed by atoms with E-state index in [4.69, 9.17) is 12.2 Å². The first kappa shape index (κ1) is 14.3. The monoisotopic (exact) mass is 517 g/mol. The summed E-state index contributed by atoms with van der Waals surface area (Å²) in [5, 5.41) is 0. The van der Waals surface area contributed by atoms with Gasteiger partial charge in [-0.05, 0) is 0 Å². The molecule has 1 aromatic carbocycles. The van der Waals surface area contributed by atoms with Gasteiger partial charge in [0.1, 0.15) is 0 Å². The van der Waals surface area contributed by atoms with E-state index in [2.05, 4.69) is 45.1 Å². The molecule has 0 aliphatic carbocycles. The predicted molar refractivity (Wildman–Crippen MR) is 79.4 cm³/mol. The molecule has 1 nitrogen and oxygen atoms in total. The Kier molecular flexibility index (Phi) is 6.27. The van der Waals surface area contributed by atoms with E-state index in [9.17, 15) is 0 Å². The first-order valence-corrected chi connectivity index (χ1v) is 17.6. The second-order valence-electron chi connectivity index (χ2n) is 4.23. The Hall–Kier alpha value is 0.875. The molecule has 0 saturated carbocycles. The summed E-state index contributed by atoms with van der Waals surface area (Å²) in [5.74, 6) is 0. The second kappa shape index (κ2) is 7.46. The van der Waals surface area contributed by atoms with Crippen LogP contribution in [0.15, 0.2) is 28.7 Å². The van der Waals surface area contributed by atoms with E-state index < -0.39 is 23.1 Å². The van der Waals surface area contributed by atoms with E-state index in [1.807, 2.05) is 8.24 Å². The SMILES string of the molecule is S=C([S][Hg][c]1ccc(Br)cc1)N1CCCCC1. The number of hydrogen-bond donors (Lipinski definition) is 0. The number of rotatable bonds is 2. The summed E-state index contributed by atoms with van der Waals surface area (Å²) in [7, 11) is 2.01. The van der Waals surface area contributed by atoms with Crippen LogP contribution in [0.5, 0.6) is 0 Å². The molecule has 1 aromatic rings. The molecule has 0 unspecified atom stereocenters. The van der Waals surface area contributed by atoms with Crippen molar-refractivity contribution in [2.24, 2.45) is 0 Å². The van der Waals surface area contributed by atoms with Crippen molar-refractivity contribution < 1.29 is 23.1 Å². The van der Waals surface area contributed by atoms with Gasteiger partial charge in [0.05, 0.1) is 0 Å². The van der Waals surface area contributed by atoms with Gasteiger partial charge < -0.3 is 0 Å². The van der Waals surface area contributed by atoms with Crippen molar-refractivity contribution in [3.63, 3.8) is 0 Å². The van der Waals surface area contributed by atoms with Gasteiger partial charge >= 0.3 is 133 Å². The molecule has 1 heterocycles. The fourth-order valence-electron chi connectivity index (χ4n) is 1.89. The van der Waals surface area contributed by atoms with Crippen molar-refractivity contribution in [3.05, 3.63) is 28.7 Å².